The van der Waals surface area contributed by atoms with E-state index < -0.39 is 17.9 Å². The molecule has 0 saturated heterocycles. The van der Waals surface area contributed by atoms with Crippen LogP contribution in [0.4, 0.5) is 11.4 Å². The number of benzene rings is 3. The molecule has 0 aromatic heterocycles. The molecule has 2 atom stereocenters. The van der Waals surface area contributed by atoms with Gasteiger partial charge in [0, 0.05) is 17.7 Å². The number of aromatic hydroxyl groups is 1. The predicted octanol–water partition coefficient (Wildman–Crippen LogP) is 3.76. The van der Waals surface area contributed by atoms with Crippen molar-refractivity contribution in [1.29, 1.82) is 0 Å². The minimum atomic E-state index is -0.918. The fourth-order valence-electron chi connectivity index (χ4n) is 4.30. The number of hydrogen-bond acceptors (Lipinski definition) is 5. The largest absolute Gasteiger partial charge is 0.508 e. The zero-order valence-electron chi connectivity index (χ0n) is 19.1. The monoisotopic (exact) mass is 457 g/mol. The molecule has 1 aliphatic rings. The zero-order chi connectivity index (χ0) is 24.4. The molecule has 0 aliphatic carbocycles. The Morgan fingerprint density at radius 3 is 2.50 bits per heavy atom. The number of nitrogens with zero attached hydrogens (tertiary/aromatic N) is 1. The molecule has 4 N–H and O–H groups in total. The van der Waals surface area contributed by atoms with Crippen molar-refractivity contribution in [2.75, 3.05) is 10.6 Å². The number of carbonyl (C=O) groups excluding carboxylic acids is 3. The highest BCUT2D eigenvalue weighted by Crippen LogP contribution is 2.44. The Kier molecular flexibility index (Phi) is 6.36. The van der Waals surface area contributed by atoms with Gasteiger partial charge in [0.15, 0.2) is 0 Å². The Morgan fingerprint density at radius 1 is 1.06 bits per heavy atom. The molecule has 0 fully saturated rings. The summed E-state index contributed by atoms with van der Waals surface area (Å²) in [6, 6.07) is 18.4. The number of carbonyl (C=O) groups is 3. The van der Waals surface area contributed by atoms with Gasteiger partial charge in [0.1, 0.15) is 11.8 Å². The van der Waals surface area contributed by atoms with E-state index in [9.17, 15) is 19.5 Å². The first-order chi connectivity index (χ1) is 16.3. The van der Waals surface area contributed by atoms with Crippen molar-refractivity contribution < 1.29 is 19.5 Å². The van der Waals surface area contributed by atoms with Crippen molar-refractivity contribution in [1.82, 2.24) is 5.32 Å². The fourth-order valence-corrected chi connectivity index (χ4v) is 4.30. The van der Waals surface area contributed by atoms with Gasteiger partial charge in [0.2, 0.25) is 11.8 Å². The van der Waals surface area contributed by atoms with Crippen LogP contribution in [-0.2, 0) is 20.8 Å². The van der Waals surface area contributed by atoms with E-state index in [4.69, 9.17) is 5.73 Å². The van der Waals surface area contributed by atoms with Gasteiger partial charge < -0.3 is 16.2 Å². The maximum Gasteiger partial charge on any atom is 0.256 e. The number of imide groups is 1. The predicted molar refractivity (Wildman–Crippen MR) is 131 cm³/mol. The first-order valence-electron chi connectivity index (χ1n) is 11.2. The first-order valence-corrected chi connectivity index (χ1v) is 11.2. The number of rotatable bonds is 5. The molecule has 0 bridgehead atoms. The average molecular weight is 458 g/mol. The number of phenols is 1. The van der Waals surface area contributed by atoms with Crippen molar-refractivity contribution in [2.45, 2.75) is 38.6 Å². The van der Waals surface area contributed by atoms with Crippen LogP contribution >= 0.6 is 0 Å². The zero-order valence-corrected chi connectivity index (χ0v) is 19.1. The normalized spacial score (nSPS) is 15.6. The molecule has 0 saturated carbocycles. The topological polar surface area (TPSA) is 113 Å². The minimum Gasteiger partial charge on any atom is -0.508 e. The smallest absolute Gasteiger partial charge is 0.256 e. The van der Waals surface area contributed by atoms with Crippen LogP contribution < -0.4 is 16.0 Å². The fraction of sp³-hybridized carbons (Fsp3) is 0.222. The lowest BCUT2D eigenvalue weighted by Gasteiger charge is -2.26. The van der Waals surface area contributed by atoms with E-state index in [2.05, 4.69) is 5.32 Å². The van der Waals surface area contributed by atoms with E-state index in [0.717, 1.165) is 21.6 Å². The molecule has 3 aromatic carbocycles. The molecule has 7 heteroatoms. The van der Waals surface area contributed by atoms with Gasteiger partial charge in [-0.2, -0.15) is 0 Å². The third kappa shape index (κ3) is 4.37. The summed E-state index contributed by atoms with van der Waals surface area (Å²) >= 11 is 0. The van der Waals surface area contributed by atoms with Crippen LogP contribution in [0.15, 0.2) is 66.7 Å². The van der Waals surface area contributed by atoms with Crippen LogP contribution in [0.2, 0.25) is 0 Å². The van der Waals surface area contributed by atoms with Crippen LogP contribution in [0.25, 0.3) is 11.1 Å². The summed E-state index contributed by atoms with van der Waals surface area (Å²) in [5.74, 6) is -1.60. The number of phenolic OH excluding ortho intramolecular Hbond substituents is 1. The summed E-state index contributed by atoms with van der Waals surface area (Å²) in [4.78, 5) is 40.7. The van der Waals surface area contributed by atoms with Gasteiger partial charge in [0.25, 0.3) is 5.91 Å². The highest BCUT2D eigenvalue weighted by Gasteiger charge is 2.37. The van der Waals surface area contributed by atoms with Crippen LogP contribution in [0.3, 0.4) is 0 Å². The maximum absolute atomic E-state index is 13.5. The van der Waals surface area contributed by atoms with Gasteiger partial charge in [-0.25, -0.2) is 4.90 Å². The molecule has 1 aliphatic heterocycles. The van der Waals surface area contributed by atoms with Gasteiger partial charge in [-0.3, -0.25) is 14.4 Å². The Labute approximate surface area is 198 Å². The number of hydrogen-bond donors (Lipinski definition) is 3. The number of fused-ring (bicyclic) bond motifs is 3. The van der Waals surface area contributed by atoms with E-state index in [1.807, 2.05) is 24.3 Å². The quantitative estimate of drug-likeness (QED) is 0.505. The van der Waals surface area contributed by atoms with Crippen LogP contribution in [-0.4, -0.2) is 28.9 Å². The molecule has 7 nitrogen and oxygen atoms in total. The molecule has 0 spiro atoms. The first kappa shape index (κ1) is 23.0. The number of aryl methyl sites for hydroxylation is 1. The summed E-state index contributed by atoms with van der Waals surface area (Å²) in [5.41, 5.74) is 10.3. The van der Waals surface area contributed by atoms with Crippen LogP contribution in [0.1, 0.15) is 37.3 Å². The highest BCUT2D eigenvalue weighted by atomic mass is 16.3. The SMILES string of the molecule is CC1C(=O)N(C(=O)[C@H](C)NC(=O)CCc2ccc(O)cc2)c2cccc(N)c2-c2ccccc21. The minimum absolute atomic E-state index is 0.159. The van der Waals surface area contributed by atoms with Crippen molar-refractivity contribution in [3.05, 3.63) is 77.9 Å². The van der Waals surface area contributed by atoms with Gasteiger partial charge >= 0.3 is 0 Å². The molecule has 1 unspecified atom stereocenters. The Bertz CT molecular complexity index is 1250. The highest BCUT2D eigenvalue weighted by molar-refractivity contribution is 6.22. The summed E-state index contributed by atoms with van der Waals surface area (Å²) in [6.45, 7) is 3.34. The standard InChI is InChI=1S/C27H27N3O4/c1-16-20-6-3-4-7-21(20)25-22(28)8-5-9-23(25)30(26(16)33)27(34)17(2)29-24(32)15-12-18-10-13-19(31)14-11-18/h3-11,13-14,16-17,31H,12,15,28H2,1-2H3,(H,29,32)/t16?,17-/m0/s1. The van der Waals surface area contributed by atoms with E-state index in [1.165, 1.54) is 0 Å². The van der Waals surface area contributed by atoms with Crippen molar-refractivity contribution >= 4 is 29.1 Å². The molecular weight excluding hydrogens is 430 g/mol. The van der Waals surface area contributed by atoms with Crippen molar-refractivity contribution in [3.63, 3.8) is 0 Å². The van der Waals surface area contributed by atoms with E-state index in [0.29, 0.717) is 23.4 Å². The Balaban J connectivity index is 1.57. The molecule has 34 heavy (non-hydrogen) atoms. The summed E-state index contributed by atoms with van der Waals surface area (Å²) < 4.78 is 0. The Hall–Kier alpha value is -4.13. The van der Waals surface area contributed by atoms with Gasteiger partial charge in [-0.05, 0) is 61.2 Å². The van der Waals surface area contributed by atoms with Crippen LogP contribution in [0.5, 0.6) is 5.75 Å². The second-order valence-electron chi connectivity index (χ2n) is 8.52. The third-order valence-corrected chi connectivity index (χ3v) is 6.15. The molecular formula is C27H27N3O4. The van der Waals surface area contributed by atoms with E-state index in [1.54, 1.807) is 56.3 Å². The Morgan fingerprint density at radius 2 is 1.76 bits per heavy atom. The molecule has 0 radical (unpaired) electrons. The average Bonchev–Trinajstić information content (AvgIpc) is 2.92. The van der Waals surface area contributed by atoms with Gasteiger partial charge in [-0.15, -0.1) is 0 Å². The second kappa shape index (κ2) is 9.39. The molecule has 1 heterocycles. The van der Waals surface area contributed by atoms with E-state index in [-0.39, 0.29) is 24.0 Å². The van der Waals surface area contributed by atoms with Gasteiger partial charge in [-0.1, -0.05) is 42.5 Å². The lowest BCUT2D eigenvalue weighted by atomic mass is 9.92. The number of nitrogens with two attached hydrogens (primary N) is 1. The number of nitrogens with one attached hydrogen (secondary N) is 1. The number of amides is 3. The maximum atomic E-state index is 13.5. The van der Waals surface area contributed by atoms with Crippen molar-refractivity contribution in [3.8, 4) is 16.9 Å². The van der Waals surface area contributed by atoms with Crippen molar-refractivity contribution in [2.24, 2.45) is 0 Å². The molecule has 174 valence electrons. The number of nitrogen functional groups attached to an aromatic ring is 1. The number of anilines is 2. The lowest BCUT2D eigenvalue weighted by molar-refractivity contribution is -0.131. The summed E-state index contributed by atoms with van der Waals surface area (Å²) in [6.07, 6.45) is 0.628. The lowest BCUT2D eigenvalue weighted by Crippen LogP contribution is -2.50. The molecule has 3 amide bonds. The molecule has 4 rings (SSSR count). The molecule has 3 aromatic rings. The summed E-state index contributed by atoms with van der Waals surface area (Å²) in [7, 11) is 0. The van der Waals surface area contributed by atoms with Crippen LogP contribution in [0, 0.1) is 0 Å². The van der Waals surface area contributed by atoms with Gasteiger partial charge in [0.05, 0.1) is 11.6 Å². The van der Waals surface area contributed by atoms with E-state index >= 15 is 0 Å². The second-order valence-corrected chi connectivity index (χ2v) is 8.52. The summed E-state index contributed by atoms with van der Waals surface area (Å²) in [5, 5.41) is 12.1. The third-order valence-electron chi connectivity index (χ3n) is 6.15.